The third kappa shape index (κ3) is 3.80. The fourth-order valence-electron chi connectivity index (χ4n) is 3.30. The van der Waals surface area contributed by atoms with Gasteiger partial charge in [0, 0.05) is 11.6 Å². The summed E-state index contributed by atoms with van der Waals surface area (Å²) in [7, 11) is 0. The van der Waals surface area contributed by atoms with E-state index in [9.17, 15) is 14.3 Å². The summed E-state index contributed by atoms with van der Waals surface area (Å²) in [6.45, 7) is 3.97. The van der Waals surface area contributed by atoms with E-state index >= 15 is 0 Å². The number of aromatic nitrogens is 2. The lowest BCUT2D eigenvalue weighted by Gasteiger charge is -2.14. The minimum Gasteiger partial charge on any atom is -0.478 e. The molecule has 3 aromatic carbocycles. The van der Waals surface area contributed by atoms with Crippen LogP contribution in [0.25, 0.3) is 16.9 Å². The van der Waals surface area contributed by atoms with E-state index in [0.717, 1.165) is 28.4 Å². The van der Waals surface area contributed by atoms with E-state index in [1.807, 2.05) is 68.4 Å². The van der Waals surface area contributed by atoms with Crippen molar-refractivity contribution >= 4 is 17.5 Å². The summed E-state index contributed by atoms with van der Waals surface area (Å²) in [5.41, 5.74) is 4.70. The number of aromatic carboxylic acids is 1. The fraction of sp³-hybridized carbons (Fsp3) is 0.0833. The molecule has 0 fully saturated rings. The zero-order valence-electron chi connectivity index (χ0n) is 16.6. The molecule has 0 atom stereocenters. The number of nitrogens with one attached hydrogen (secondary N) is 1. The van der Waals surface area contributed by atoms with Gasteiger partial charge < -0.3 is 10.4 Å². The predicted octanol–water partition coefficient (Wildman–Crippen LogP) is 5.74. The minimum absolute atomic E-state index is 0.0219. The molecule has 5 nitrogen and oxygen atoms in total. The van der Waals surface area contributed by atoms with Crippen LogP contribution in [-0.2, 0) is 0 Å². The van der Waals surface area contributed by atoms with Gasteiger partial charge in [-0.25, -0.2) is 13.9 Å². The Morgan fingerprint density at radius 2 is 1.77 bits per heavy atom. The van der Waals surface area contributed by atoms with Crippen molar-refractivity contribution in [3.05, 3.63) is 95.3 Å². The summed E-state index contributed by atoms with van der Waals surface area (Å²) < 4.78 is 15.6. The Morgan fingerprint density at radius 3 is 2.50 bits per heavy atom. The molecule has 150 valence electrons. The number of benzene rings is 3. The van der Waals surface area contributed by atoms with Gasteiger partial charge in [-0.1, -0.05) is 42.5 Å². The molecule has 0 aliphatic rings. The molecule has 30 heavy (non-hydrogen) atoms. The summed E-state index contributed by atoms with van der Waals surface area (Å²) in [5, 5.41) is 17.3. The lowest BCUT2D eigenvalue weighted by Crippen LogP contribution is -2.08. The first-order chi connectivity index (χ1) is 14.4. The van der Waals surface area contributed by atoms with Crippen molar-refractivity contribution in [2.45, 2.75) is 13.8 Å². The molecule has 1 aromatic heterocycles. The molecule has 1 heterocycles. The summed E-state index contributed by atoms with van der Waals surface area (Å²) in [6, 6.07) is 21.1. The van der Waals surface area contributed by atoms with Crippen molar-refractivity contribution in [2.75, 3.05) is 5.32 Å². The van der Waals surface area contributed by atoms with E-state index in [2.05, 4.69) is 5.32 Å². The standard InChI is InChI=1S/C24H20FN3O2/c1-15-8-9-16(2)22(12-15)28-23(14-20(27-28)17-6-4-3-5-7-17)26-21-13-18(25)10-11-19(21)24(29)30/h3-14,26H,1-2H3,(H,29,30). The number of hydrogen-bond acceptors (Lipinski definition) is 3. The predicted molar refractivity (Wildman–Crippen MR) is 115 cm³/mol. The molecule has 0 aliphatic carbocycles. The van der Waals surface area contributed by atoms with Gasteiger partial charge in [0.15, 0.2) is 0 Å². The number of hydrogen-bond donors (Lipinski definition) is 2. The van der Waals surface area contributed by atoms with Gasteiger partial charge in [0.05, 0.1) is 22.6 Å². The van der Waals surface area contributed by atoms with Gasteiger partial charge in [0.2, 0.25) is 0 Å². The van der Waals surface area contributed by atoms with Crippen LogP contribution in [0.5, 0.6) is 0 Å². The van der Waals surface area contributed by atoms with Crippen LogP contribution in [0.3, 0.4) is 0 Å². The first-order valence-electron chi connectivity index (χ1n) is 9.45. The van der Waals surface area contributed by atoms with Gasteiger partial charge in [-0.15, -0.1) is 0 Å². The van der Waals surface area contributed by atoms with Crippen LogP contribution < -0.4 is 5.32 Å². The van der Waals surface area contributed by atoms with Gasteiger partial charge >= 0.3 is 5.97 Å². The van der Waals surface area contributed by atoms with Gasteiger partial charge in [0.25, 0.3) is 0 Å². The second kappa shape index (κ2) is 7.83. The van der Waals surface area contributed by atoms with Crippen LogP contribution in [0.2, 0.25) is 0 Å². The highest BCUT2D eigenvalue weighted by Gasteiger charge is 2.17. The van der Waals surface area contributed by atoms with E-state index < -0.39 is 11.8 Å². The summed E-state index contributed by atoms with van der Waals surface area (Å²) >= 11 is 0. The van der Waals surface area contributed by atoms with Crippen LogP contribution in [0, 0.1) is 19.7 Å². The summed E-state index contributed by atoms with van der Waals surface area (Å²) in [4.78, 5) is 11.6. The second-order valence-corrected chi connectivity index (χ2v) is 7.10. The molecule has 0 saturated carbocycles. The van der Waals surface area contributed by atoms with Crippen LogP contribution in [0.15, 0.2) is 72.8 Å². The number of halogens is 1. The molecule has 2 N–H and O–H groups in total. The molecule has 0 aliphatic heterocycles. The van der Waals surface area contributed by atoms with Gasteiger partial charge in [-0.3, -0.25) is 0 Å². The largest absolute Gasteiger partial charge is 0.478 e. The molecule has 0 bridgehead atoms. The average Bonchev–Trinajstić information content (AvgIpc) is 3.14. The Labute approximate surface area is 173 Å². The van der Waals surface area contributed by atoms with E-state index in [4.69, 9.17) is 5.10 Å². The highest BCUT2D eigenvalue weighted by molar-refractivity contribution is 5.95. The van der Waals surface area contributed by atoms with Crippen LogP contribution >= 0.6 is 0 Å². The zero-order valence-corrected chi connectivity index (χ0v) is 16.6. The van der Waals surface area contributed by atoms with Crippen molar-refractivity contribution in [1.29, 1.82) is 0 Å². The first kappa shape index (κ1) is 19.4. The molecule has 0 amide bonds. The monoisotopic (exact) mass is 401 g/mol. The zero-order chi connectivity index (χ0) is 21.3. The molecule has 4 rings (SSSR count). The van der Waals surface area contributed by atoms with Crippen LogP contribution in [0.4, 0.5) is 15.9 Å². The maximum atomic E-state index is 13.9. The van der Waals surface area contributed by atoms with E-state index in [0.29, 0.717) is 11.5 Å². The third-order valence-electron chi connectivity index (χ3n) is 4.85. The number of carboxylic acids is 1. The molecular formula is C24H20FN3O2. The second-order valence-electron chi connectivity index (χ2n) is 7.10. The van der Waals surface area contributed by atoms with Gasteiger partial charge in [-0.2, -0.15) is 5.10 Å². The molecule has 0 saturated heterocycles. The number of carboxylic acid groups (broad SMARTS) is 1. The quantitative estimate of drug-likeness (QED) is 0.448. The van der Waals surface area contributed by atoms with Crippen molar-refractivity contribution in [2.24, 2.45) is 0 Å². The third-order valence-corrected chi connectivity index (χ3v) is 4.85. The van der Waals surface area contributed by atoms with Crippen LogP contribution in [-0.4, -0.2) is 20.9 Å². The van der Waals surface area contributed by atoms with E-state index in [1.165, 1.54) is 12.1 Å². The fourth-order valence-corrected chi connectivity index (χ4v) is 3.30. The number of carbonyl (C=O) groups is 1. The average molecular weight is 401 g/mol. The SMILES string of the molecule is Cc1ccc(C)c(-n2nc(-c3ccccc3)cc2Nc2cc(F)ccc2C(=O)O)c1. The lowest BCUT2D eigenvalue weighted by atomic mass is 10.1. The lowest BCUT2D eigenvalue weighted by molar-refractivity contribution is 0.0698. The number of rotatable bonds is 5. The minimum atomic E-state index is -1.14. The van der Waals surface area contributed by atoms with E-state index in [-0.39, 0.29) is 11.3 Å². The Bertz CT molecular complexity index is 1230. The number of nitrogens with zero attached hydrogens (tertiary/aromatic N) is 2. The maximum absolute atomic E-state index is 13.9. The molecule has 4 aromatic rings. The van der Waals surface area contributed by atoms with Gasteiger partial charge in [-0.05, 0) is 49.2 Å². The Morgan fingerprint density at radius 1 is 1.00 bits per heavy atom. The van der Waals surface area contributed by atoms with Crippen molar-refractivity contribution in [3.8, 4) is 16.9 Å². The molecule has 0 unspecified atom stereocenters. The maximum Gasteiger partial charge on any atom is 0.337 e. The smallest absolute Gasteiger partial charge is 0.337 e. The van der Waals surface area contributed by atoms with Crippen molar-refractivity contribution < 1.29 is 14.3 Å². The molecule has 0 radical (unpaired) electrons. The molecule has 6 heteroatoms. The summed E-state index contributed by atoms with van der Waals surface area (Å²) in [5.74, 6) is -1.13. The molecular weight excluding hydrogens is 381 g/mol. The van der Waals surface area contributed by atoms with Gasteiger partial charge in [0.1, 0.15) is 11.6 Å². The Hall–Kier alpha value is -3.93. The van der Waals surface area contributed by atoms with Crippen LogP contribution in [0.1, 0.15) is 21.5 Å². The summed E-state index contributed by atoms with van der Waals surface area (Å²) in [6.07, 6.45) is 0. The number of aryl methyl sites for hydroxylation is 2. The number of anilines is 2. The Balaban J connectivity index is 1.89. The normalized spacial score (nSPS) is 10.8. The van der Waals surface area contributed by atoms with Crippen molar-refractivity contribution in [1.82, 2.24) is 9.78 Å². The topological polar surface area (TPSA) is 67.2 Å². The highest BCUT2D eigenvalue weighted by atomic mass is 19.1. The highest BCUT2D eigenvalue weighted by Crippen LogP contribution is 2.30. The van der Waals surface area contributed by atoms with E-state index in [1.54, 1.807) is 4.68 Å². The van der Waals surface area contributed by atoms with Crippen molar-refractivity contribution in [3.63, 3.8) is 0 Å². The first-order valence-corrected chi connectivity index (χ1v) is 9.45. The Kier molecular flexibility index (Phi) is 5.06. The molecule has 0 spiro atoms.